The van der Waals surface area contributed by atoms with Crippen LogP contribution in [0.4, 0.5) is 11.8 Å². The molecule has 0 fully saturated rings. The summed E-state index contributed by atoms with van der Waals surface area (Å²) < 4.78 is 0. The van der Waals surface area contributed by atoms with Gasteiger partial charge in [0.05, 0.1) is 5.69 Å². The Bertz CT molecular complexity index is 774. The van der Waals surface area contributed by atoms with Crippen molar-refractivity contribution in [2.45, 2.75) is 26.4 Å². The average molecular weight is 320 g/mol. The van der Waals surface area contributed by atoms with Gasteiger partial charge in [-0.05, 0) is 37.6 Å². The van der Waals surface area contributed by atoms with Gasteiger partial charge >= 0.3 is 0 Å². The summed E-state index contributed by atoms with van der Waals surface area (Å²) in [4.78, 5) is 17.4. The van der Waals surface area contributed by atoms with Gasteiger partial charge in [-0.3, -0.25) is 9.97 Å². The first-order chi connectivity index (χ1) is 11.7. The molecular weight excluding hydrogens is 300 g/mol. The molecule has 0 saturated heterocycles. The van der Waals surface area contributed by atoms with Gasteiger partial charge in [-0.2, -0.15) is 4.98 Å². The minimum atomic E-state index is 0.250. The number of rotatable bonds is 6. The fourth-order valence-electron chi connectivity index (χ4n) is 2.22. The van der Waals surface area contributed by atoms with Crippen LogP contribution in [0, 0.1) is 0 Å². The van der Waals surface area contributed by atoms with Crippen LogP contribution in [0.1, 0.15) is 19.4 Å². The van der Waals surface area contributed by atoms with E-state index in [1.807, 2.05) is 36.5 Å². The largest absolute Gasteiger partial charge is 0.366 e. The van der Waals surface area contributed by atoms with E-state index in [0.29, 0.717) is 12.5 Å². The highest BCUT2D eigenvalue weighted by Crippen LogP contribution is 2.21. The second-order valence-corrected chi connectivity index (χ2v) is 5.72. The summed E-state index contributed by atoms with van der Waals surface area (Å²) in [7, 11) is 0. The van der Waals surface area contributed by atoms with E-state index in [1.165, 1.54) is 0 Å². The van der Waals surface area contributed by atoms with Gasteiger partial charge in [0.1, 0.15) is 5.82 Å². The van der Waals surface area contributed by atoms with Crippen molar-refractivity contribution in [2.75, 3.05) is 10.6 Å². The summed E-state index contributed by atoms with van der Waals surface area (Å²) in [5, 5.41) is 6.59. The SMILES string of the molecule is CC(C)Nc1nc(NCc2cccnc2)cc(-c2cccnc2)n1. The summed E-state index contributed by atoms with van der Waals surface area (Å²) in [6, 6.07) is 10.0. The molecule has 0 unspecified atom stereocenters. The lowest BCUT2D eigenvalue weighted by Gasteiger charge is -2.13. The molecule has 0 aliphatic carbocycles. The number of pyridine rings is 2. The molecule has 122 valence electrons. The van der Waals surface area contributed by atoms with E-state index in [9.17, 15) is 0 Å². The van der Waals surface area contributed by atoms with Gasteiger partial charge in [0, 0.05) is 49.0 Å². The van der Waals surface area contributed by atoms with Crippen molar-refractivity contribution in [3.63, 3.8) is 0 Å². The third-order valence-corrected chi connectivity index (χ3v) is 3.30. The van der Waals surface area contributed by atoms with Crippen molar-refractivity contribution >= 4 is 11.8 Å². The molecule has 0 amide bonds. The fraction of sp³-hybridized carbons (Fsp3) is 0.222. The van der Waals surface area contributed by atoms with Crippen LogP contribution in [0.25, 0.3) is 11.3 Å². The van der Waals surface area contributed by atoms with E-state index in [1.54, 1.807) is 18.6 Å². The lowest BCUT2D eigenvalue weighted by molar-refractivity contribution is 0.874. The van der Waals surface area contributed by atoms with E-state index < -0.39 is 0 Å². The summed E-state index contributed by atoms with van der Waals surface area (Å²) in [5.41, 5.74) is 2.88. The first kappa shape index (κ1) is 15.9. The standard InChI is InChI=1S/C18H20N6/c1-13(2)22-18-23-16(15-6-4-8-20-12-15)9-17(24-18)21-11-14-5-3-7-19-10-14/h3-10,12-13H,11H2,1-2H3,(H2,21,22,23,24). The molecule has 0 spiro atoms. The Morgan fingerprint density at radius 2 is 1.79 bits per heavy atom. The molecule has 3 rings (SSSR count). The van der Waals surface area contributed by atoms with E-state index in [4.69, 9.17) is 0 Å². The van der Waals surface area contributed by atoms with Crippen LogP contribution in [0.3, 0.4) is 0 Å². The van der Waals surface area contributed by atoms with Gasteiger partial charge in [0.25, 0.3) is 0 Å². The first-order valence-electron chi connectivity index (χ1n) is 7.89. The van der Waals surface area contributed by atoms with Crippen molar-refractivity contribution in [3.05, 3.63) is 60.7 Å². The van der Waals surface area contributed by atoms with Gasteiger partial charge in [-0.25, -0.2) is 4.98 Å². The molecule has 3 aromatic heterocycles. The topological polar surface area (TPSA) is 75.6 Å². The molecule has 0 aromatic carbocycles. The van der Waals surface area contributed by atoms with E-state index in [0.717, 1.165) is 22.6 Å². The maximum absolute atomic E-state index is 4.58. The summed E-state index contributed by atoms with van der Waals surface area (Å²) >= 11 is 0. The van der Waals surface area contributed by atoms with Crippen molar-refractivity contribution < 1.29 is 0 Å². The molecule has 6 nitrogen and oxygen atoms in total. The average Bonchev–Trinajstić information content (AvgIpc) is 2.61. The summed E-state index contributed by atoms with van der Waals surface area (Å²) in [5.74, 6) is 1.36. The second-order valence-electron chi connectivity index (χ2n) is 5.72. The molecule has 6 heteroatoms. The van der Waals surface area contributed by atoms with Crippen LogP contribution < -0.4 is 10.6 Å². The van der Waals surface area contributed by atoms with Gasteiger partial charge in [0.2, 0.25) is 5.95 Å². The number of hydrogen-bond donors (Lipinski definition) is 2. The minimum absolute atomic E-state index is 0.250. The highest BCUT2D eigenvalue weighted by Gasteiger charge is 2.08. The van der Waals surface area contributed by atoms with Gasteiger partial charge in [-0.1, -0.05) is 6.07 Å². The second kappa shape index (κ2) is 7.50. The number of aromatic nitrogens is 4. The molecule has 0 bridgehead atoms. The molecule has 0 aliphatic heterocycles. The zero-order valence-corrected chi connectivity index (χ0v) is 13.8. The lowest BCUT2D eigenvalue weighted by atomic mass is 10.2. The lowest BCUT2D eigenvalue weighted by Crippen LogP contribution is -2.14. The van der Waals surface area contributed by atoms with Crippen molar-refractivity contribution in [1.29, 1.82) is 0 Å². The highest BCUT2D eigenvalue weighted by molar-refractivity contribution is 5.63. The number of nitrogens with zero attached hydrogens (tertiary/aromatic N) is 4. The van der Waals surface area contributed by atoms with Crippen molar-refractivity contribution in [3.8, 4) is 11.3 Å². The van der Waals surface area contributed by atoms with Gasteiger partial charge in [0.15, 0.2) is 0 Å². The smallest absolute Gasteiger partial charge is 0.225 e. The van der Waals surface area contributed by atoms with Crippen LogP contribution in [0.15, 0.2) is 55.1 Å². The highest BCUT2D eigenvalue weighted by atomic mass is 15.1. The monoisotopic (exact) mass is 320 g/mol. The first-order valence-corrected chi connectivity index (χ1v) is 7.89. The Balaban J connectivity index is 1.87. The van der Waals surface area contributed by atoms with Gasteiger partial charge < -0.3 is 10.6 Å². The summed E-state index contributed by atoms with van der Waals surface area (Å²) in [6.07, 6.45) is 7.15. The van der Waals surface area contributed by atoms with Crippen LogP contribution in [0.5, 0.6) is 0 Å². The van der Waals surface area contributed by atoms with Crippen LogP contribution in [-0.4, -0.2) is 26.0 Å². The zero-order valence-electron chi connectivity index (χ0n) is 13.8. The third-order valence-electron chi connectivity index (χ3n) is 3.30. The maximum atomic E-state index is 4.58. The molecule has 3 aromatic rings. The van der Waals surface area contributed by atoms with Crippen molar-refractivity contribution in [1.82, 2.24) is 19.9 Å². The third kappa shape index (κ3) is 4.25. The Labute approximate surface area is 141 Å². The zero-order chi connectivity index (χ0) is 16.8. The van der Waals surface area contributed by atoms with E-state index in [-0.39, 0.29) is 6.04 Å². The quantitative estimate of drug-likeness (QED) is 0.725. The Hall–Kier alpha value is -3.02. The van der Waals surface area contributed by atoms with Gasteiger partial charge in [-0.15, -0.1) is 0 Å². The molecular formula is C18H20N6. The van der Waals surface area contributed by atoms with Crippen LogP contribution >= 0.6 is 0 Å². The predicted molar refractivity (Wildman–Crippen MR) is 95.6 cm³/mol. The van der Waals surface area contributed by atoms with E-state index >= 15 is 0 Å². The molecule has 0 aliphatic rings. The minimum Gasteiger partial charge on any atom is -0.366 e. The Morgan fingerprint density at radius 1 is 1.00 bits per heavy atom. The fourth-order valence-corrected chi connectivity index (χ4v) is 2.22. The van der Waals surface area contributed by atoms with Crippen molar-refractivity contribution in [2.24, 2.45) is 0 Å². The molecule has 0 radical (unpaired) electrons. The van der Waals surface area contributed by atoms with E-state index in [2.05, 4.69) is 44.4 Å². The maximum Gasteiger partial charge on any atom is 0.225 e. The molecule has 2 N–H and O–H groups in total. The van der Waals surface area contributed by atoms with Crippen LogP contribution in [-0.2, 0) is 6.54 Å². The predicted octanol–water partition coefficient (Wildman–Crippen LogP) is 3.37. The normalized spacial score (nSPS) is 10.6. The molecule has 3 heterocycles. The number of anilines is 2. The molecule has 0 atom stereocenters. The summed E-state index contributed by atoms with van der Waals surface area (Å²) in [6.45, 7) is 4.77. The Kier molecular flexibility index (Phi) is 4.96. The molecule has 0 saturated carbocycles. The number of hydrogen-bond acceptors (Lipinski definition) is 6. The van der Waals surface area contributed by atoms with Crippen LogP contribution in [0.2, 0.25) is 0 Å². The molecule has 24 heavy (non-hydrogen) atoms. The Morgan fingerprint density at radius 3 is 2.46 bits per heavy atom. The number of nitrogens with one attached hydrogen (secondary N) is 2.